The molecular weight excluding hydrogens is 402 g/mol. The number of rotatable bonds is 7. The lowest BCUT2D eigenvalue weighted by molar-refractivity contribution is 0.355. The van der Waals surface area contributed by atoms with E-state index in [0.29, 0.717) is 29.3 Å². The van der Waals surface area contributed by atoms with Gasteiger partial charge in [-0.15, -0.1) is 11.8 Å². The van der Waals surface area contributed by atoms with Crippen LogP contribution in [0.1, 0.15) is 6.92 Å². The van der Waals surface area contributed by atoms with E-state index in [1.165, 1.54) is 4.90 Å². The number of hydrogen-bond donors (Lipinski definition) is 2. The zero-order chi connectivity index (χ0) is 18.2. The third-order valence-electron chi connectivity index (χ3n) is 3.33. The zero-order valence-electron chi connectivity index (χ0n) is 14.5. The molecule has 2 aromatic rings. The third kappa shape index (κ3) is 6.17. The van der Waals surface area contributed by atoms with Crippen LogP contribution in [0.15, 0.2) is 56.8 Å². The smallest absolute Gasteiger partial charge is 0.193 e. The number of benzene rings is 2. The summed E-state index contributed by atoms with van der Waals surface area (Å²) in [4.78, 5) is 5.62. The van der Waals surface area contributed by atoms with Crippen LogP contribution in [0.5, 0.6) is 11.5 Å². The minimum Gasteiger partial charge on any atom is -0.493 e. The van der Waals surface area contributed by atoms with Gasteiger partial charge in [-0.3, -0.25) is 4.99 Å². The molecule has 5 nitrogen and oxygen atoms in total. The van der Waals surface area contributed by atoms with Gasteiger partial charge in [-0.1, -0.05) is 22.9 Å². The van der Waals surface area contributed by atoms with Crippen molar-refractivity contribution in [1.29, 1.82) is 0 Å². The van der Waals surface area contributed by atoms with E-state index in [9.17, 15) is 0 Å². The highest BCUT2D eigenvalue weighted by atomic mass is 79.9. The average Bonchev–Trinajstić information content (AvgIpc) is 2.62. The van der Waals surface area contributed by atoms with Gasteiger partial charge in [0.1, 0.15) is 0 Å². The van der Waals surface area contributed by atoms with Crippen LogP contribution in [-0.2, 0) is 0 Å². The van der Waals surface area contributed by atoms with Gasteiger partial charge < -0.3 is 20.5 Å². The number of guanidine groups is 1. The molecule has 0 fully saturated rings. The SMILES string of the molecule is COc1ccc(NC(N)=NCC(C)Sc2ccc(Br)cc2)cc1OC. The summed E-state index contributed by atoms with van der Waals surface area (Å²) in [5, 5.41) is 3.38. The number of nitrogens with two attached hydrogens (primary N) is 1. The number of hydrogen-bond acceptors (Lipinski definition) is 4. The van der Waals surface area contributed by atoms with E-state index in [0.717, 1.165) is 10.2 Å². The van der Waals surface area contributed by atoms with Crippen LogP contribution in [0.3, 0.4) is 0 Å². The molecule has 25 heavy (non-hydrogen) atoms. The lowest BCUT2D eigenvalue weighted by Crippen LogP contribution is -2.23. The van der Waals surface area contributed by atoms with Gasteiger partial charge >= 0.3 is 0 Å². The Labute approximate surface area is 161 Å². The molecule has 0 aliphatic heterocycles. The fraction of sp³-hybridized carbons (Fsp3) is 0.278. The second-order valence-corrected chi connectivity index (χ2v) is 7.73. The molecule has 2 aromatic carbocycles. The molecule has 0 aliphatic rings. The Kier molecular flexibility index (Phi) is 7.46. The molecule has 3 N–H and O–H groups in total. The highest BCUT2D eigenvalue weighted by Gasteiger charge is 2.07. The van der Waals surface area contributed by atoms with Gasteiger partial charge in [-0.25, -0.2) is 0 Å². The van der Waals surface area contributed by atoms with Crippen molar-refractivity contribution in [3.05, 3.63) is 46.9 Å². The number of methoxy groups -OCH3 is 2. The molecule has 0 saturated heterocycles. The van der Waals surface area contributed by atoms with Crippen molar-refractivity contribution in [3.8, 4) is 11.5 Å². The first-order valence-corrected chi connectivity index (χ1v) is 9.40. The molecule has 7 heteroatoms. The monoisotopic (exact) mass is 423 g/mol. The van der Waals surface area contributed by atoms with Gasteiger partial charge in [-0.2, -0.15) is 0 Å². The minimum atomic E-state index is 0.312. The Hall–Kier alpha value is -1.86. The zero-order valence-corrected chi connectivity index (χ0v) is 16.9. The van der Waals surface area contributed by atoms with Crippen LogP contribution in [0.2, 0.25) is 0 Å². The van der Waals surface area contributed by atoms with Crippen molar-refractivity contribution >= 4 is 39.3 Å². The standard InChI is InChI=1S/C18H22BrN3O2S/c1-12(25-15-7-4-13(19)5-8-15)11-21-18(20)22-14-6-9-16(23-2)17(10-14)24-3/h4-10,12H,11H2,1-3H3,(H3,20,21,22). The Balaban J connectivity index is 1.91. The number of thioether (sulfide) groups is 1. The Morgan fingerprint density at radius 1 is 1.16 bits per heavy atom. The van der Waals surface area contributed by atoms with E-state index >= 15 is 0 Å². The van der Waals surface area contributed by atoms with Gasteiger partial charge in [0.25, 0.3) is 0 Å². The molecule has 0 aliphatic carbocycles. The van der Waals surface area contributed by atoms with E-state index in [1.54, 1.807) is 26.0 Å². The van der Waals surface area contributed by atoms with Gasteiger partial charge in [0, 0.05) is 26.4 Å². The van der Waals surface area contributed by atoms with Crippen LogP contribution in [0.25, 0.3) is 0 Å². The molecule has 0 bridgehead atoms. The Morgan fingerprint density at radius 2 is 1.84 bits per heavy atom. The lowest BCUT2D eigenvalue weighted by atomic mass is 10.3. The van der Waals surface area contributed by atoms with Crippen molar-refractivity contribution < 1.29 is 9.47 Å². The number of aliphatic imine (C=N–C) groups is 1. The number of ether oxygens (including phenoxy) is 2. The summed E-state index contributed by atoms with van der Waals surface area (Å²) >= 11 is 5.20. The molecule has 0 aromatic heterocycles. The maximum absolute atomic E-state index is 5.98. The number of nitrogens with zero attached hydrogens (tertiary/aromatic N) is 1. The minimum absolute atomic E-state index is 0.312. The summed E-state index contributed by atoms with van der Waals surface area (Å²) in [5.41, 5.74) is 6.78. The van der Waals surface area contributed by atoms with E-state index in [4.69, 9.17) is 15.2 Å². The highest BCUT2D eigenvalue weighted by Crippen LogP contribution is 2.29. The summed E-state index contributed by atoms with van der Waals surface area (Å²) in [7, 11) is 3.20. The average molecular weight is 424 g/mol. The van der Waals surface area contributed by atoms with Crippen LogP contribution in [0.4, 0.5) is 5.69 Å². The van der Waals surface area contributed by atoms with Gasteiger partial charge in [-0.05, 0) is 36.4 Å². The quantitative estimate of drug-likeness (QED) is 0.392. The summed E-state index contributed by atoms with van der Waals surface area (Å²) in [6.07, 6.45) is 0. The number of halogens is 1. The second-order valence-electron chi connectivity index (χ2n) is 5.30. The fourth-order valence-corrected chi connectivity index (χ4v) is 3.28. The summed E-state index contributed by atoms with van der Waals surface area (Å²) in [5.74, 6) is 1.68. The molecule has 1 unspecified atom stereocenters. The first-order chi connectivity index (χ1) is 12.0. The molecule has 1 atom stereocenters. The van der Waals surface area contributed by atoms with E-state index < -0.39 is 0 Å². The maximum Gasteiger partial charge on any atom is 0.193 e. The number of anilines is 1. The topological polar surface area (TPSA) is 68.9 Å². The molecule has 0 radical (unpaired) electrons. The van der Waals surface area contributed by atoms with E-state index in [2.05, 4.69) is 45.3 Å². The first kappa shape index (κ1) is 19.5. The molecule has 134 valence electrons. The van der Waals surface area contributed by atoms with Crippen molar-refractivity contribution in [2.24, 2.45) is 10.7 Å². The van der Waals surface area contributed by atoms with Gasteiger partial charge in [0.05, 0.1) is 20.8 Å². The molecular formula is C18H22BrN3O2S. The lowest BCUT2D eigenvalue weighted by Gasteiger charge is -2.12. The van der Waals surface area contributed by atoms with Gasteiger partial charge in [0.2, 0.25) is 0 Å². The van der Waals surface area contributed by atoms with Crippen molar-refractivity contribution in [1.82, 2.24) is 0 Å². The van der Waals surface area contributed by atoms with Crippen molar-refractivity contribution in [2.45, 2.75) is 17.1 Å². The van der Waals surface area contributed by atoms with E-state index in [1.807, 2.05) is 30.3 Å². The summed E-state index contributed by atoms with van der Waals surface area (Å²) in [6, 6.07) is 13.7. The first-order valence-electron chi connectivity index (χ1n) is 7.73. The normalized spacial score (nSPS) is 12.6. The largest absolute Gasteiger partial charge is 0.493 e. The Bertz CT molecular complexity index is 723. The van der Waals surface area contributed by atoms with Crippen LogP contribution < -0.4 is 20.5 Å². The molecule has 0 spiro atoms. The highest BCUT2D eigenvalue weighted by molar-refractivity contribution is 9.10. The molecule has 2 rings (SSSR count). The molecule has 0 amide bonds. The predicted molar refractivity (Wildman–Crippen MR) is 109 cm³/mol. The predicted octanol–water partition coefficient (Wildman–Crippen LogP) is 4.37. The van der Waals surface area contributed by atoms with Crippen LogP contribution in [0, 0.1) is 0 Å². The third-order valence-corrected chi connectivity index (χ3v) is 4.95. The van der Waals surface area contributed by atoms with E-state index in [-0.39, 0.29) is 0 Å². The van der Waals surface area contributed by atoms with Crippen molar-refractivity contribution in [2.75, 3.05) is 26.1 Å². The Morgan fingerprint density at radius 3 is 2.48 bits per heavy atom. The maximum atomic E-state index is 5.98. The van der Waals surface area contributed by atoms with Crippen LogP contribution in [-0.4, -0.2) is 32.0 Å². The fourth-order valence-electron chi connectivity index (χ4n) is 2.11. The van der Waals surface area contributed by atoms with Crippen LogP contribution >= 0.6 is 27.7 Å². The number of nitrogens with one attached hydrogen (secondary N) is 1. The molecule has 0 heterocycles. The van der Waals surface area contributed by atoms with Crippen molar-refractivity contribution in [3.63, 3.8) is 0 Å². The van der Waals surface area contributed by atoms with Gasteiger partial charge in [0.15, 0.2) is 17.5 Å². The summed E-state index contributed by atoms with van der Waals surface area (Å²) in [6.45, 7) is 2.74. The summed E-state index contributed by atoms with van der Waals surface area (Å²) < 4.78 is 11.6. The second kappa shape index (κ2) is 9.58. The molecule has 0 saturated carbocycles.